The second-order valence-electron chi connectivity index (χ2n) is 18.0. The molecular weight excluding hydrogens is 801 g/mol. The Morgan fingerprint density at radius 1 is 0.484 bits per heavy atom. The maximum atomic E-state index is 15.1. The summed E-state index contributed by atoms with van der Waals surface area (Å²) in [5, 5.41) is 76.1. The fourth-order valence-electron chi connectivity index (χ4n) is 8.82. The highest BCUT2D eigenvalue weighted by atomic mass is 16.8. The predicted molar refractivity (Wildman–Crippen MR) is 236 cm³/mol. The number of ether oxygens (including phenoxy) is 4. The number of esters is 1. The summed E-state index contributed by atoms with van der Waals surface area (Å²) in [6.07, 6.45) is 8.98. The van der Waals surface area contributed by atoms with Crippen molar-refractivity contribution in [3.8, 4) is 0 Å². The number of unbranched alkanes of at least 4 members (excludes halogenated alkanes) is 24. The van der Waals surface area contributed by atoms with Gasteiger partial charge < -0.3 is 54.7 Å². The zero-order valence-electron chi connectivity index (χ0n) is 38.7. The van der Waals surface area contributed by atoms with Crippen molar-refractivity contribution < 1.29 is 69.1 Å². The molecule has 7 N–H and O–H groups in total. The van der Waals surface area contributed by atoms with E-state index in [9.17, 15) is 40.5 Å². The minimum atomic E-state index is -3.10. The highest BCUT2D eigenvalue weighted by Gasteiger charge is 2.75. The molecule has 0 saturated carbocycles. The second-order valence-corrected chi connectivity index (χ2v) is 18.0. The van der Waals surface area contributed by atoms with Crippen molar-refractivity contribution in [2.45, 2.75) is 274 Å². The molecule has 0 aromatic carbocycles. The van der Waals surface area contributed by atoms with Crippen molar-refractivity contribution in [1.82, 2.24) is 0 Å². The second kappa shape index (κ2) is 32.1. The molecule has 0 spiro atoms. The minimum Gasteiger partial charge on any atom is -0.437 e. The molecule has 0 aromatic heterocycles. The number of hydrogen-bond donors (Lipinski definition) is 7. The van der Waals surface area contributed by atoms with Gasteiger partial charge in [0.15, 0.2) is 17.9 Å². The number of Topliss-reactive ketones (excluding diaryl/α,β-unsaturated/α-hetero) is 2. The maximum Gasteiger partial charge on any atom is 0.307 e. The number of carbonyl (C=O) groups excluding carboxylic acids is 3. The van der Waals surface area contributed by atoms with Gasteiger partial charge in [-0.05, 0) is 19.3 Å². The number of aliphatic hydroxyl groups is 7. The van der Waals surface area contributed by atoms with Crippen molar-refractivity contribution in [2.24, 2.45) is 0 Å². The SMILES string of the molecule is CCCCCCCCCCCC(=O)OC(C(=O)CCCCCCCCCCC)(C(=O)CCCCCCCCCCC)[C@@]1(O[C@H]2O[C@H](CO)[C@@H](O)[C@H](O)[C@H]2O)O[C@H](CO)[C@@H](O)[C@@H]1O. The first-order valence-electron chi connectivity index (χ1n) is 24.8. The molecule has 2 aliphatic heterocycles. The molecule has 0 aliphatic carbocycles. The fourth-order valence-corrected chi connectivity index (χ4v) is 8.82. The van der Waals surface area contributed by atoms with Crippen LogP contribution < -0.4 is 0 Å². The summed E-state index contributed by atoms with van der Waals surface area (Å²) >= 11 is 0. The van der Waals surface area contributed by atoms with Gasteiger partial charge in [0.1, 0.15) is 42.7 Å². The lowest BCUT2D eigenvalue weighted by atomic mass is 9.76. The van der Waals surface area contributed by atoms with Crippen LogP contribution >= 0.6 is 0 Å². The van der Waals surface area contributed by atoms with Crippen LogP contribution in [-0.2, 0) is 33.3 Å². The molecule has 2 aliphatic rings. The molecule has 9 atom stereocenters. The van der Waals surface area contributed by atoms with Gasteiger partial charge >= 0.3 is 5.97 Å². The van der Waals surface area contributed by atoms with Crippen LogP contribution in [0.2, 0.25) is 0 Å². The van der Waals surface area contributed by atoms with Crippen molar-refractivity contribution in [3.63, 3.8) is 0 Å². The molecule has 0 aromatic rings. The Kier molecular flexibility index (Phi) is 29.3. The predicted octanol–water partition coefficient (Wildman–Crippen LogP) is 6.80. The average Bonchev–Trinajstić information content (AvgIpc) is 3.51. The van der Waals surface area contributed by atoms with Crippen LogP contribution in [0.25, 0.3) is 0 Å². The highest BCUT2D eigenvalue weighted by molar-refractivity contribution is 6.13. The van der Waals surface area contributed by atoms with Gasteiger partial charge in [0.2, 0.25) is 0 Å². The summed E-state index contributed by atoms with van der Waals surface area (Å²) in [6.45, 7) is 4.72. The first kappa shape index (κ1) is 56.5. The van der Waals surface area contributed by atoms with Crippen molar-refractivity contribution in [1.29, 1.82) is 0 Å². The molecule has 364 valence electrons. The van der Waals surface area contributed by atoms with E-state index >= 15 is 9.59 Å². The summed E-state index contributed by atoms with van der Waals surface area (Å²) in [7, 11) is 0. The van der Waals surface area contributed by atoms with Gasteiger partial charge in [0, 0.05) is 19.3 Å². The topological polar surface area (TPSA) is 230 Å². The van der Waals surface area contributed by atoms with E-state index in [2.05, 4.69) is 20.8 Å². The zero-order valence-corrected chi connectivity index (χ0v) is 38.7. The number of ketones is 2. The highest BCUT2D eigenvalue weighted by Crippen LogP contribution is 2.48. The summed E-state index contributed by atoms with van der Waals surface area (Å²) < 4.78 is 24.1. The van der Waals surface area contributed by atoms with E-state index < -0.39 is 91.2 Å². The van der Waals surface area contributed by atoms with Gasteiger partial charge in [-0.25, -0.2) is 0 Å². The van der Waals surface area contributed by atoms with Crippen LogP contribution in [0.5, 0.6) is 0 Å². The molecule has 62 heavy (non-hydrogen) atoms. The molecule has 2 rings (SSSR count). The average molecular weight is 889 g/mol. The summed E-state index contributed by atoms with van der Waals surface area (Å²) in [5.41, 5.74) is -3.06. The van der Waals surface area contributed by atoms with Gasteiger partial charge in [0.25, 0.3) is 11.4 Å². The molecule has 0 amide bonds. The van der Waals surface area contributed by atoms with Crippen molar-refractivity contribution in [3.05, 3.63) is 0 Å². The van der Waals surface area contributed by atoms with Gasteiger partial charge in [-0.15, -0.1) is 0 Å². The van der Waals surface area contributed by atoms with E-state index in [4.69, 9.17) is 18.9 Å². The standard InChI is InChI=1S/C48H88O14/c1-4-7-10-13-16-19-22-25-28-31-38(51)47(39(52)32-29-26-23-20-17-14-11-8-5-2,61-40(53)33-30-27-24-21-18-15-12-9-6-3)48(45(58)42(55)37(35-50)60-48)62-46-44(57)43(56)41(54)36(34-49)59-46/h36-37,41-46,49-50,54-58H,4-35H2,1-3H3/t36-,37-,41-,42-,43+,44-,45+,46-,48-/m1/s1. The number of hydrogen-bond acceptors (Lipinski definition) is 14. The molecule has 2 fully saturated rings. The van der Waals surface area contributed by atoms with Crippen LogP contribution in [0.15, 0.2) is 0 Å². The first-order chi connectivity index (χ1) is 29.9. The van der Waals surface area contributed by atoms with Crippen LogP contribution in [0.1, 0.15) is 213 Å². The third-order valence-corrected chi connectivity index (χ3v) is 12.8. The summed E-state index contributed by atoms with van der Waals surface area (Å²) in [4.78, 5) is 44.3. The first-order valence-corrected chi connectivity index (χ1v) is 24.8. The molecule has 2 heterocycles. The van der Waals surface area contributed by atoms with Gasteiger partial charge in [0.05, 0.1) is 13.2 Å². The van der Waals surface area contributed by atoms with E-state index in [0.29, 0.717) is 25.7 Å². The lowest BCUT2D eigenvalue weighted by Crippen LogP contribution is -2.74. The van der Waals surface area contributed by atoms with E-state index in [1.165, 1.54) is 25.7 Å². The number of aliphatic hydroxyl groups excluding tert-OH is 7. The largest absolute Gasteiger partial charge is 0.437 e. The van der Waals surface area contributed by atoms with Crippen LogP contribution in [0.3, 0.4) is 0 Å². The fraction of sp³-hybridized carbons (Fsp3) is 0.938. The third kappa shape index (κ3) is 17.3. The molecule has 0 unspecified atom stereocenters. The smallest absolute Gasteiger partial charge is 0.307 e. The molecular formula is C48H88O14. The Hall–Kier alpha value is -1.59. The Morgan fingerprint density at radius 2 is 0.855 bits per heavy atom. The number of rotatable bonds is 38. The molecule has 14 heteroatoms. The Balaban J connectivity index is 2.56. The van der Waals surface area contributed by atoms with Crippen LogP contribution in [0, 0.1) is 0 Å². The van der Waals surface area contributed by atoms with Gasteiger partial charge in [-0.2, -0.15) is 0 Å². The molecule has 2 saturated heterocycles. The van der Waals surface area contributed by atoms with E-state index in [1.54, 1.807) is 0 Å². The van der Waals surface area contributed by atoms with Crippen LogP contribution in [-0.4, -0.2) is 127 Å². The lowest BCUT2D eigenvalue weighted by molar-refractivity contribution is -0.401. The molecule has 0 bridgehead atoms. The van der Waals surface area contributed by atoms with Gasteiger partial charge in [-0.1, -0.05) is 175 Å². The minimum absolute atomic E-state index is 0.188. The monoisotopic (exact) mass is 889 g/mol. The van der Waals surface area contributed by atoms with Gasteiger partial charge in [-0.3, -0.25) is 14.4 Å². The van der Waals surface area contributed by atoms with Crippen molar-refractivity contribution in [2.75, 3.05) is 13.2 Å². The summed E-state index contributed by atoms with van der Waals surface area (Å²) in [6, 6.07) is 0. The summed E-state index contributed by atoms with van der Waals surface area (Å²) in [5.74, 6) is -5.94. The quantitative estimate of drug-likeness (QED) is 0.0192. The van der Waals surface area contributed by atoms with Crippen LogP contribution in [0.4, 0.5) is 0 Å². The third-order valence-electron chi connectivity index (χ3n) is 12.8. The van der Waals surface area contributed by atoms with Crippen molar-refractivity contribution >= 4 is 17.5 Å². The lowest BCUT2D eigenvalue weighted by Gasteiger charge is -2.49. The Morgan fingerprint density at radius 3 is 1.23 bits per heavy atom. The normalized spacial score (nSPS) is 26.5. The Labute approximate surface area is 372 Å². The van der Waals surface area contributed by atoms with E-state index in [1.807, 2.05) is 0 Å². The molecule has 14 nitrogen and oxygen atoms in total. The maximum absolute atomic E-state index is 15.1. The molecule has 0 radical (unpaired) electrons. The zero-order chi connectivity index (χ0) is 45.8. The Bertz CT molecular complexity index is 1170. The van der Waals surface area contributed by atoms with E-state index in [-0.39, 0.29) is 32.1 Å². The van der Waals surface area contributed by atoms with E-state index in [0.717, 1.165) is 109 Å². The number of carbonyl (C=O) groups is 3.